The Balaban J connectivity index is 2.56. The van der Waals surface area contributed by atoms with Crippen molar-refractivity contribution in [3.63, 3.8) is 0 Å². The number of hydrogen-bond donors (Lipinski definition) is 1. The van der Waals surface area contributed by atoms with Gasteiger partial charge in [-0.15, -0.1) is 0 Å². The number of hydrogen-bond acceptors (Lipinski definition) is 2. The van der Waals surface area contributed by atoms with Gasteiger partial charge in [0.25, 0.3) is 0 Å². The zero-order valence-electron chi connectivity index (χ0n) is 11.8. The summed E-state index contributed by atoms with van der Waals surface area (Å²) in [5.41, 5.74) is -0.789. The van der Waals surface area contributed by atoms with Gasteiger partial charge < -0.3 is 4.57 Å². The van der Waals surface area contributed by atoms with Gasteiger partial charge in [-0.1, -0.05) is 0 Å². The molecule has 0 aliphatic rings. The SMILES string of the molecule is CN(C)S(=O)(=O)Nc1cc(C(F)(F)F)ccc1-n1cccc1. The normalized spacial score (nSPS) is 12.6. The minimum atomic E-state index is -4.56. The number of aromatic nitrogens is 1. The first-order valence-electron chi connectivity index (χ1n) is 6.16. The standard InChI is InChI=1S/C13H14F3N3O2S/c1-18(2)22(20,21)17-11-9-10(13(14,15)16)5-6-12(11)19-7-3-4-8-19/h3-9,17H,1-2H3. The molecule has 0 saturated heterocycles. The molecule has 2 rings (SSSR count). The Bertz CT molecular complexity index is 753. The average molecular weight is 333 g/mol. The molecule has 0 saturated carbocycles. The van der Waals surface area contributed by atoms with Gasteiger partial charge in [0.2, 0.25) is 0 Å². The third-order valence-electron chi connectivity index (χ3n) is 2.93. The van der Waals surface area contributed by atoms with Crippen LogP contribution in [0.2, 0.25) is 0 Å². The minimum Gasteiger partial charge on any atom is -0.322 e. The van der Waals surface area contributed by atoms with E-state index in [9.17, 15) is 21.6 Å². The molecule has 120 valence electrons. The molecule has 0 aliphatic carbocycles. The Kier molecular flexibility index (Phi) is 4.21. The van der Waals surface area contributed by atoms with Gasteiger partial charge in [0.1, 0.15) is 0 Å². The zero-order valence-corrected chi connectivity index (χ0v) is 12.6. The lowest BCUT2D eigenvalue weighted by Crippen LogP contribution is -2.29. The van der Waals surface area contributed by atoms with E-state index >= 15 is 0 Å². The van der Waals surface area contributed by atoms with Gasteiger partial charge in [-0.25, -0.2) is 0 Å². The van der Waals surface area contributed by atoms with E-state index in [1.54, 1.807) is 24.5 Å². The molecule has 1 heterocycles. The molecule has 0 radical (unpaired) electrons. The third kappa shape index (κ3) is 3.42. The van der Waals surface area contributed by atoms with Crippen LogP contribution in [0.1, 0.15) is 5.56 Å². The van der Waals surface area contributed by atoms with Crippen LogP contribution in [0.3, 0.4) is 0 Å². The number of nitrogens with one attached hydrogen (secondary N) is 1. The quantitative estimate of drug-likeness (QED) is 0.935. The molecule has 0 unspecified atom stereocenters. The molecule has 0 amide bonds. The summed E-state index contributed by atoms with van der Waals surface area (Å²) < 4.78 is 66.9. The molecular formula is C13H14F3N3O2S. The van der Waals surface area contributed by atoms with Crippen LogP contribution >= 0.6 is 0 Å². The highest BCUT2D eigenvalue weighted by atomic mass is 32.2. The van der Waals surface area contributed by atoms with Gasteiger partial charge >= 0.3 is 16.4 Å². The Morgan fingerprint density at radius 1 is 1.14 bits per heavy atom. The van der Waals surface area contributed by atoms with Crippen LogP contribution in [0.5, 0.6) is 0 Å². The maximum Gasteiger partial charge on any atom is 0.416 e. The smallest absolute Gasteiger partial charge is 0.322 e. The molecule has 1 N–H and O–H groups in total. The number of halogens is 3. The molecule has 2 aromatic rings. The first-order valence-corrected chi connectivity index (χ1v) is 7.60. The fourth-order valence-corrected chi connectivity index (χ4v) is 2.37. The molecular weight excluding hydrogens is 319 g/mol. The van der Waals surface area contributed by atoms with E-state index < -0.39 is 21.9 Å². The molecule has 9 heteroatoms. The summed E-state index contributed by atoms with van der Waals surface area (Å²) in [7, 11) is -1.36. The van der Waals surface area contributed by atoms with Gasteiger partial charge in [-0.3, -0.25) is 4.72 Å². The largest absolute Gasteiger partial charge is 0.416 e. The van der Waals surface area contributed by atoms with Crippen LogP contribution in [0.25, 0.3) is 5.69 Å². The van der Waals surface area contributed by atoms with Crippen molar-refractivity contribution in [2.45, 2.75) is 6.18 Å². The summed E-state index contributed by atoms with van der Waals surface area (Å²) in [5.74, 6) is 0. The zero-order chi connectivity index (χ0) is 16.5. The van der Waals surface area contributed by atoms with Crippen molar-refractivity contribution < 1.29 is 21.6 Å². The number of nitrogens with zero attached hydrogens (tertiary/aromatic N) is 2. The fourth-order valence-electron chi connectivity index (χ4n) is 1.74. The van der Waals surface area contributed by atoms with E-state index in [2.05, 4.69) is 4.72 Å². The minimum absolute atomic E-state index is 0.153. The molecule has 0 fully saturated rings. The van der Waals surface area contributed by atoms with Crippen LogP contribution in [0, 0.1) is 0 Å². The Labute approximate surface area is 126 Å². The number of rotatable bonds is 4. The summed E-state index contributed by atoms with van der Waals surface area (Å²) in [6.45, 7) is 0. The van der Waals surface area contributed by atoms with Gasteiger partial charge in [0, 0.05) is 26.5 Å². The summed E-state index contributed by atoms with van der Waals surface area (Å²) in [4.78, 5) is 0. The maximum absolute atomic E-state index is 12.8. The van der Waals surface area contributed by atoms with Gasteiger partial charge in [0.05, 0.1) is 16.9 Å². The second-order valence-corrected chi connectivity index (χ2v) is 6.59. The monoisotopic (exact) mass is 333 g/mol. The molecule has 22 heavy (non-hydrogen) atoms. The van der Waals surface area contributed by atoms with E-state index in [1.807, 2.05) is 0 Å². The third-order valence-corrected chi connectivity index (χ3v) is 4.37. The number of benzene rings is 1. The molecule has 1 aromatic carbocycles. The van der Waals surface area contributed by atoms with Crippen molar-refractivity contribution in [2.24, 2.45) is 0 Å². The lowest BCUT2D eigenvalue weighted by Gasteiger charge is -2.18. The van der Waals surface area contributed by atoms with Crippen LogP contribution < -0.4 is 4.72 Å². The Hall–Kier alpha value is -2.00. The highest BCUT2D eigenvalue weighted by Crippen LogP contribution is 2.33. The first-order chi connectivity index (χ1) is 10.1. The molecule has 0 aliphatic heterocycles. The van der Waals surface area contributed by atoms with Crippen LogP contribution in [-0.4, -0.2) is 31.4 Å². The van der Waals surface area contributed by atoms with E-state index in [-0.39, 0.29) is 5.69 Å². The lowest BCUT2D eigenvalue weighted by molar-refractivity contribution is -0.137. The van der Waals surface area contributed by atoms with Crippen molar-refractivity contribution in [1.29, 1.82) is 0 Å². The predicted molar refractivity (Wildman–Crippen MR) is 77.0 cm³/mol. The van der Waals surface area contributed by atoms with Crippen LogP contribution in [-0.2, 0) is 16.4 Å². The van der Waals surface area contributed by atoms with Gasteiger partial charge in [-0.05, 0) is 30.3 Å². The van der Waals surface area contributed by atoms with Crippen LogP contribution in [0.15, 0.2) is 42.7 Å². The topological polar surface area (TPSA) is 54.3 Å². The number of anilines is 1. The summed E-state index contributed by atoms with van der Waals surface area (Å²) >= 11 is 0. The number of alkyl halides is 3. The average Bonchev–Trinajstić information content (AvgIpc) is 2.90. The first kappa shape index (κ1) is 16.4. The van der Waals surface area contributed by atoms with Crippen molar-refractivity contribution in [2.75, 3.05) is 18.8 Å². The Morgan fingerprint density at radius 3 is 2.23 bits per heavy atom. The molecule has 0 bridgehead atoms. The van der Waals surface area contributed by atoms with Gasteiger partial charge in [-0.2, -0.15) is 25.9 Å². The second-order valence-electron chi connectivity index (χ2n) is 4.71. The lowest BCUT2D eigenvalue weighted by atomic mass is 10.1. The van der Waals surface area contributed by atoms with E-state index in [0.29, 0.717) is 5.69 Å². The summed E-state index contributed by atoms with van der Waals surface area (Å²) in [5, 5.41) is 0. The van der Waals surface area contributed by atoms with Crippen molar-refractivity contribution >= 4 is 15.9 Å². The summed E-state index contributed by atoms with van der Waals surface area (Å²) in [6.07, 6.45) is -1.35. The van der Waals surface area contributed by atoms with E-state index in [1.165, 1.54) is 24.7 Å². The van der Waals surface area contributed by atoms with E-state index in [0.717, 1.165) is 16.4 Å². The highest BCUT2D eigenvalue weighted by Gasteiger charge is 2.31. The second kappa shape index (κ2) is 5.65. The molecule has 5 nitrogen and oxygen atoms in total. The Morgan fingerprint density at radius 2 is 1.73 bits per heavy atom. The van der Waals surface area contributed by atoms with Crippen molar-refractivity contribution in [1.82, 2.24) is 8.87 Å². The molecule has 0 spiro atoms. The highest BCUT2D eigenvalue weighted by molar-refractivity contribution is 7.90. The van der Waals surface area contributed by atoms with E-state index in [4.69, 9.17) is 0 Å². The van der Waals surface area contributed by atoms with Crippen molar-refractivity contribution in [3.05, 3.63) is 48.3 Å². The predicted octanol–water partition coefficient (Wildman–Crippen LogP) is 2.71. The molecule has 1 aromatic heterocycles. The van der Waals surface area contributed by atoms with Crippen molar-refractivity contribution in [3.8, 4) is 5.69 Å². The summed E-state index contributed by atoms with van der Waals surface area (Å²) in [6, 6.07) is 6.26. The maximum atomic E-state index is 12.8. The fraction of sp³-hybridized carbons (Fsp3) is 0.231. The molecule has 0 atom stereocenters. The van der Waals surface area contributed by atoms with Gasteiger partial charge in [0.15, 0.2) is 0 Å². The van der Waals surface area contributed by atoms with Crippen LogP contribution in [0.4, 0.5) is 18.9 Å².